The van der Waals surface area contributed by atoms with Gasteiger partial charge >= 0.3 is 0 Å². The summed E-state index contributed by atoms with van der Waals surface area (Å²) >= 11 is 0. The number of amides is 2. The molecule has 6 heteroatoms. The number of imidazole rings is 1. The maximum absolute atomic E-state index is 12.7. The van der Waals surface area contributed by atoms with Crippen molar-refractivity contribution >= 4 is 22.8 Å². The lowest BCUT2D eigenvalue weighted by Crippen LogP contribution is -2.35. The minimum atomic E-state index is -0.0532. The Balaban J connectivity index is 1.38. The number of hydrogen-bond acceptors (Lipinski definition) is 3. The summed E-state index contributed by atoms with van der Waals surface area (Å²) in [4.78, 5) is 29.8. The maximum atomic E-state index is 12.7. The van der Waals surface area contributed by atoms with E-state index in [0.717, 1.165) is 41.7 Å². The fourth-order valence-corrected chi connectivity index (χ4v) is 4.35. The average Bonchev–Trinajstić information content (AvgIpc) is 3.39. The van der Waals surface area contributed by atoms with E-state index in [9.17, 15) is 9.59 Å². The van der Waals surface area contributed by atoms with Crippen molar-refractivity contribution in [1.29, 1.82) is 0 Å². The Labute approximate surface area is 183 Å². The first-order chi connectivity index (χ1) is 15.1. The molecule has 2 amide bonds. The van der Waals surface area contributed by atoms with Gasteiger partial charge in [0.2, 0.25) is 5.91 Å². The molecule has 0 saturated heterocycles. The van der Waals surface area contributed by atoms with Gasteiger partial charge < -0.3 is 15.2 Å². The second-order valence-electron chi connectivity index (χ2n) is 8.33. The lowest BCUT2D eigenvalue weighted by atomic mass is 10.1. The summed E-state index contributed by atoms with van der Waals surface area (Å²) in [6.07, 6.45) is 5.98. The molecule has 1 heterocycles. The summed E-state index contributed by atoms with van der Waals surface area (Å²) in [7, 11) is 0. The number of carbonyl (C=O) groups excluding carboxylic acids is 2. The molecule has 0 spiro atoms. The molecule has 0 atom stereocenters. The van der Waals surface area contributed by atoms with Crippen LogP contribution in [0.1, 0.15) is 53.8 Å². The molecule has 1 saturated carbocycles. The van der Waals surface area contributed by atoms with E-state index in [1.807, 2.05) is 60.0 Å². The molecule has 1 aliphatic rings. The summed E-state index contributed by atoms with van der Waals surface area (Å²) in [6.45, 7) is 2.78. The number of fused-ring (bicyclic) bond motifs is 1. The number of hydrogen-bond donors (Lipinski definition) is 2. The molecule has 3 aromatic rings. The summed E-state index contributed by atoms with van der Waals surface area (Å²) in [5, 5.41) is 6.17. The molecule has 0 aliphatic heterocycles. The van der Waals surface area contributed by atoms with Crippen LogP contribution in [0.25, 0.3) is 11.0 Å². The van der Waals surface area contributed by atoms with Crippen LogP contribution in [0.2, 0.25) is 0 Å². The number of nitrogens with one attached hydrogen (secondary N) is 2. The molecule has 2 N–H and O–H groups in total. The molecule has 4 rings (SSSR count). The van der Waals surface area contributed by atoms with Gasteiger partial charge in [0.05, 0.1) is 11.0 Å². The van der Waals surface area contributed by atoms with Gasteiger partial charge in [-0.05, 0) is 49.9 Å². The van der Waals surface area contributed by atoms with Gasteiger partial charge in [-0.1, -0.05) is 43.2 Å². The van der Waals surface area contributed by atoms with E-state index in [1.165, 1.54) is 12.8 Å². The molecule has 6 nitrogen and oxygen atoms in total. The minimum Gasteiger partial charge on any atom is -0.352 e. The van der Waals surface area contributed by atoms with E-state index in [4.69, 9.17) is 4.98 Å². The summed E-state index contributed by atoms with van der Waals surface area (Å²) in [5.41, 5.74) is 3.55. The second kappa shape index (κ2) is 9.77. The van der Waals surface area contributed by atoms with Crippen molar-refractivity contribution in [2.24, 2.45) is 0 Å². The molecule has 0 bridgehead atoms. The van der Waals surface area contributed by atoms with Crippen LogP contribution >= 0.6 is 0 Å². The SMILES string of the molecule is Cc1ccccc1C(=O)NCCCc1nc2ccccc2n1CC(=O)NC1CCCC1. The van der Waals surface area contributed by atoms with Crippen molar-refractivity contribution in [2.75, 3.05) is 6.54 Å². The molecule has 1 aliphatic carbocycles. The molecule has 1 fully saturated rings. The summed E-state index contributed by atoms with van der Waals surface area (Å²) in [6, 6.07) is 15.8. The predicted molar refractivity (Wildman–Crippen MR) is 122 cm³/mol. The summed E-state index contributed by atoms with van der Waals surface area (Å²) < 4.78 is 2.02. The van der Waals surface area contributed by atoms with Gasteiger partial charge in [0.15, 0.2) is 0 Å². The molecule has 31 heavy (non-hydrogen) atoms. The van der Waals surface area contributed by atoms with Crippen LogP contribution in [0.4, 0.5) is 0 Å². The van der Waals surface area contributed by atoms with Crippen LogP contribution in [0, 0.1) is 6.92 Å². The number of rotatable bonds is 8. The van der Waals surface area contributed by atoms with Crippen molar-refractivity contribution in [3.63, 3.8) is 0 Å². The third-order valence-corrected chi connectivity index (χ3v) is 6.01. The zero-order valence-corrected chi connectivity index (χ0v) is 18.1. The zero-order chi connectivity index (χ0) is 21.6. The Bertz CT molecular complexity index is 1070. The zero-order valence-electron chi connectivity index (χ0n) is 18.1. The maximum Gasteiger partial charge on any atom is 0.251 e. The first-order valence-corrected chi connectivity index (χ1v) is 11.2. The Morgan fingerprint density at radius 3 is 2.61 bits per heavy atom. The first kappa shape index (κ1) is 21.1. The molecule has 0 radical (unpaired) electrons. The third kappa shape index (κ3) is 5.13. The van der Waals surface area contributed by atoms with Gasteiger partial charge in [0.25, 0.3) is 5.91 Å². The van der Waals surface area contributed by atoms with Crippen molar-refractivity contribution < 1.29 is 9.59 Å². The van der Waals surface area contributed by atoms with Gasteiger partial charge in [-0.2, -0.15) is 0 Å². The highest BCUT2D eigenvalue weighted by Gasteiger charge is 2.19. The summed E-state index contributed by atoms with van der Waals surface area (Å²) in [5.74, 6) is 0.875. The van der Waals surface area contributed by atoms with Gasteiger partial charge in [-0.3, -0.25) is 9.59 Å². The van der Waals surface area contributed by atoms with Crippen LogP contribution in [-0.2, 0) is 17.8 Å². The minimum absolute atomic E-state index is 0.0455. The number of aromatic nitrogens is 2. The van der Waals surface area contributed by atoms with E-state index in [1.54, 1.807) is 0 Å². The first-order valence-electron chi connectivity index (χ1n) is 11.2. The molecular formula is C25H30N4O2. The lowest BCUT2D eigenvalue weighted by molar-refractivity contribution is -0.122. The van der Waals surface area contributed by atoms with Crippen LogP contribution in [-0.4, -0.2) is 34.0 Å². The fraction of sp³-hybridized carbons (Fsp3) is 0.400. The highest BCUT2D eigenvalue weighted by atomic mass is 16.2. The standard InChI is InChI=1S/C25H30N4O2/c1-18-9-2-5-12-20(18)25(31)26-16-8-15-23-28-21-13-6-7-14-22(21)29(23)17-24(30)27-19-10-3-4-11-19/h2,5-7,9,12-14,19H,3-4,8,10-11,15-17H2,1H3,(H,26,31)(H,27,30). The van der Waals surface area contributed by atoms with E-state index in [-0.39, 0.29) is 18.4 Å². The van der Waals surface area contributed by atoms with Crippen LogP contribution < -0.4 is 10.6 Å². The Morgan fingerprint density at radius 2 is 1.81 bits per heavy atom. The topological polar surface area (TPSA) is 76.0 Å². The third-order valence-electron chi connectivity index (χ3n) is 6.01. The average molecular weight is 419 g/mol. The van der Waals surface area contributed by atoms with E-state index >= 15 is 0 Å². The van der Waals surface area contributed by atoms with Crippen LogP contribution in [0.5, 0.6) is 0 Å². The predicted octanol–water partition coefficient (Wildman–Crippen LogP) is 3.77. The number of carbonyl (C=O) groups is 2. The number of aryl methyl sites for hydroxylation is 2. The van der Waals surface area contributed by atoms with Gasteiger partial charge in [0.1, 0.15) is 12.4 Å². The number of para-hydroxylation sites is 2. The molecule has 2 aromatic carbocycles. The monoisotopic (exact) mass is 418 g/mol. The normalized spacial score (nSPS) is 14.1. The largest absolute Gasteiger partial charge is 0.352 e. The van der Waals surface area contributed by atoms with E-state index in [2.05, 4.69) is 10.6 Å². The highest BCUT2D eigenvalue weighted by molar-refractivity contribution is 5.95. The molecule has 1 aromatic heterocycles. The van der Waals surface area contributed by atoms with Gasteiger partial charge in [-0.15, -0.1) is 0 Å². The van der Waals surface area contributed by atoms with Crippen LogP contribution in [0.3, 0.4) is 0 Å². The van der Waals surface area contributed by atoms with Crippen molar-refractivity contribution in [3.05, 3.63) is 65.5 Å². The molecule has 0 unspecified atom stereocenters. The quantitative estimate of drug-likeness (QED) is 0.547. The van der Waals surface area contributed by atoms with Crippen molar-refractivity contribution in [3.8, 4) is 0 Å². The highest BCUT2D eigenvalue weighted by Crippen LogP contribution is 2.19. The van der Waals surface area contributed by atoms with Crippen molar-refractivity contribution in [2.45, 2.75) is 58.0 Å². The van der Waals surface area contributed by atoms with Crippen molar-refractivity contribution in [1.82, 2.24) is 20.2 Å². The van der Waals surface area contributed by atoms with E-state index in [0.29, 0.717) is 24.6 Å². The molecule has 162 valence electrons. The Hall–Kier alpha value is -3.15. The molecular weight excluding hydrogens is 388 g/mol. The van der Waals surface area contributed by atoms with E-state index < -0.39 is 0 Å². The van der Waals surface area contributed by atoms with Gasteiger partial charge in [0, 0.05) is 24.6 Å². The lowest BCUT2D eigenvalue weighted by Gasteiger charge is -2.14. The smallest absolute Gasteiger partial charge is 0.251 e. The Kier molecular flexibility index (Phi) is 6.65. The van der Waals surface area contributed by atoms with Crippen LogP contribution in [0.15, 0.2) is 48.5 Å². The number of benzene rings is 2. The fourth-order valence-electron chi connectivity index (χ4n) is 4.35. The number of nitrogens with zero attached hydrogens (tertiary/aromatic N) is 2. The van der Waals surface area contributed by atoms with Gasteiger partial charge in [-0.25, -0.2) is 4.98 Å². The Morgan fingerprint density at radius 1 is 1.06 bits per heavy atom. The second-order valence-corrected chi connectivity index (χ2v) is 8.33.